The Hall–Kier alpha value is -2.81. The van der Waals surface area contributed by atoms with E-state index in [-0.39, 0.29) is 29.5 Å². The first-order valence-electron chi connectivity index (χ1n) is 10.5. The average Bonchev–Trinajstić information content (AvgIpc) is 3.56. The van der Waals surface area contributed by atoms with E-state index in [0.29, 0.717) is 42.9 Å². The van der Waals surface area contributed by atoms with Crippen LogP contribution in [0.15, 0.2) is 22.2 Å². The summed E-state index contributed by atoms with van der Waals surface area (Å²) in [4.78, 5) is 36.8. The van der Waals surface area contributed by atoms with Crippen LogP contribution in [0.3, 0.4) is 0 Å². The Bertz CT molecular complexity index is 1050. The van der Waals surface area contributed by atoms with E-state index in [1.54, 1.807) is 14.0 Å². The van der Waals surface area contributed by atoms with E-state index in [0.717, 1.165) is 18.9 Å². The molecular weight excluding hydrogens is 405 g/mol. The number of aromatic carboxylic acids is 1. The van der Waals surface area contributed by atoms with Gasteiger partial charge in [-0.05, 0) is 44.7 Å². The number of anilines is 1. The number of hydrogen-bond acceptors (Lipinski definition) is 6. The van der Waals surface area contributed by atoms with Crippen LogP contribution in [0.4, 0.5) is 10.1 Å². The van der Waals surface area contributed by atoms with E-state index in [1.807, 2.05) is 16.4 Å². The van der Waals surface area contributed by atoms with Crippen LogP contribution in [0.5, 0.6) is 0 Å². The van der Waals surface area contributed by atoms with Crippen molar-refractivity contribution in [2.45, 2.75) is 39.2 Å². The van der Waals surface area contributed by atoms with E-state index in [4.69, 9.17) is 4.74 Å². The minimum Gasteiger partial charge on any atom is -0.477 e. The van der Waals surface area contributed by atoms with Gasteiger partial charge in [0.05, 0.1) is 24.4 Å². The highest BCUT2D eigenvalue weighted by atomic mass is 19.1. The summed E-state index contributed by atoms with van der Waals surface area (Å²) < 4.78 is 22.4. The molecule has 1 aliphatic rings. The van der Waals surface area contributed by atoms with Crippen LogP contribution < -0.4 is 10.3 Å². The number of carboxylic acid groups (broad SMARTS) is 1. The van der Waals surface area contributed by atoms with Crippen LogP contribution in [-0.4, -0.2) is 49.0 Å². The Morgan fingerprint density at radius 3 is 2.71 bits per heavy atom. The molecule has 1 fully saturated rings. The number of aromatic nitrogens is 1. The number of nitrogens with zero attached hydrogens (tertiary/aromatic N) is 3. The lowest BCUT2D eigenvalue weighted by Gasteiger charge is -2.30. The molecule has 1 aromatic heterocycles. The second kappa shape index (κ2) is 9.55. The predicted octanol–water partition coefficient (Wildman–Crippen LogP) is 3.73. The summed E-state index contributed by atoms with van der Waals surface area (Å²) >= 11 is 0. The van der Waals surface area contributed by atoms with Crippen molar-refractivity contribution in [2.24, 2.45) is 11.1 Å². The molecule has 0 amide bonds. The molecule has 0 radical (unpaired) electrons. The molecule has 2 aromatic rings. The zero-order chi connectivity index (χ0) is 22.7. The van der Waals surface area contributed by atoms with Crippen molar-refractivity contribution in [3.63, 3.8) is 0 Å². The lowest BCUT2D eigenvalue weighted by atomic mass is 10.0. The van der Waals surface area contributed by atoms with Crippen molar-refractivity contribution < 1.29 is 19.0 Å². The number of nitroso groups, excluding NO2 is 1. The lowest BCUT2D eigenvalue weighted by Crippen LogP contribution is -2.33. The smallest absolute Gasteiger partial charge is 0.341 e. The van der Waals surface area contributed by atoms with Gasteiger partial charge in [0.2, 0.25) is 5.43 Å². The van der Waals surface area contributed by atoms with E-state index < -0.39 is 17.2 Å². The third-order valence-electron chi connectivity index (χ3n) is 5.86. The largest absolute Gasteiger partial charge is 0.477 e. The Morgan fingerprint density at radius 1 is 1.45 bits per heavy atom. The first kappa shape index (κ1) is 22.9. The maximum Gasteiger partial charge on any atom is 0.341 e. The summed E-state index contributed by atoms with van der Waals surface area (Å²) in [6.07, 6.45) is 3.68. The first-order valence-corrected chi connectivity index (χ1v) is 10.5. The van der Waals surface area contributed by atoms with Crippen LogP contribution in [0.25, 0.3) is 10.9 Å². The lowest BCUT2D eigenvalue weighted by molar-refractivity contribution is 0.0695. The molecule has 0 bridgehead atoms. The molecule has 3 rings (SSSR count). The van der Waals surface area contributed by atoms with Gasteiger partial charge in [0.1, 0.15) is 11.4 Å². The molecule has 0 aliphatic heterocycles. The molecule has 0 unspecified atom stereocenters. The molecule has 1 heterocycles. The van der Waals surface area contributed by atoms with Gasteiger partial charge in [0, 0.05) is 43.7 Å². The number of methoxy groups -OCH3 is 1. The summed E-state index contributed by atoms with van der Waals surface area (Å²) in [5.74, 6) is -1.90. The van der Waals surface area contributed by atoms with Crippen molar-refractivity contribution in [3.8, 4) is 0 Å². The third-order valence-corrected chi connectivity index (χ3v) is 5.86. The highest BCUT2D eigenvalue weighted by molar-refractivity contribution is 5.95. The summed E-state index contributed by atoms with van der Waals surface area (Å²) in [7, 11) is 1.58. The minimum absolute atomic E-state index is 0.0165. The molecule has 9 heteroatoms. The molecule has 31 heavy (non-hydrogen) atoms. The molecular formula is C22H28FN3O5. The number of benzene rings is 1. The molecule has 0 spiro atoms. The monoisotopic (exact) mass is 433 g/mol. The van der Waals surface area contributed by atoms with Gasteiger partial charge in [-0.15, -0.1) is 0 Å². The van der Waals surface area contributed by atoms with E-state index in [2.05, 4.69) is 5.18 Å². The van der Waals surface area contributed by atoms with Crippen LogP contribution in [0.1, 0.15) is 48.1 Å². The van der Waals surface area contributed by atoms with E-state index >= 15 is 4.39 Å². The number of ether oxygens (including phenoxy) is 1. The van der Waals surface area contributed by atoms with E-state index in [1.165, 1.54) is 6.20 Å². The second-order valence-electron chi connectivity index (χ2n) is 8.05. The van der Waals surface area contributed by atoms with Gasteiger partial charge < -0.3 is 19.3 Å². The second-order valence-corrected chi connectivity index (χ2v) is 8.05. The van der Waals surface area contributed by atoms with Gasteiger partial charge >= 0.3 is 5.97 Å². The molecule has 8 nitrogen and oxygen atoms in total. The molecule has 0 saturated heterocycles. The quantitative estimate of drug-likeness (QED) is 0.542. The van der Waals surface area contributed by atoms with Crippen molar-refractivity contribution in [3.05, 3.63) is 44.3 Å². The fourth-order valence-corrected chi connectivity index (χ4v) is 4.24. The number of rotatable bonds is 11. The summed E-state index contributed by atoms with van der Waals surface area (Å²) in [6, 6.07) is 1.26. The van der Waals surface area contributed by atoms with Gasteiger partial charge in [-0.2, -0.15) is 4.91 Å². The SMILES string of the molecule is CCN(C[C@H](CCN=O)COC)c1c(F)cc2c(=O)c(C(=O)O)cn(C3CC3)c2c1C. The summed E-state index contributed by atoms with van der Waals surface area (Å²) in [5.41, 5.74) is 0.532. The fraction of sp³-hybridized carbons (Fsp3) is 0.545. The molecule has 1 aliphatic carbocycles. The highest BCUT2D eigenvalue weighted by Gasteiger charge is 2.29. The van der Waals surface area contributed by atoms with E-state index in [9.17, 15) is 19.6 Å². The Kier molecular flexibility index (Phi) is 7.04. The molecule has 1 N–H and O–H groups in total. The standard InChI is InChI=1S/C22H28FN3O5/c1-4-25(10-14(12-31-3)7-8-24-30)20-13(2)19-16(9-18(20)23)21(27)17(22(28)29)11-26(19)15-5-6-15/h9,11,14-15H,4-8,10,12H2,1-3H3,(H,28,29)/t14-/m0/s1. The van der Waals surface area contributed by atoms with Crippen LogP contribution in [0, 0.1) is 23.6 Å². The number of aryl methyl sites for hydroxylation is 1. The van der Waals surface area contributed by atoms with Crippen molar-refractivity contribution >= 4 is 22.6 Å². The van der Waals surface area contributed by atoms with Gasteiger partial charge in [0.15, 0.2) is 0 Å². The van der Waals surface area contributed by atoms with Gasteiger partial charge in [-0.3, -0.25) is 4.79 Å². The maximum absolute atomic E-state index is 15.3. The molecule has 168 valence electrons. The molecule has 1 atom stereocenters. The molecule has 1 saturated carbocycles. The topological polar surface area (TPSA) is 101 Å². The summed E-state index contributed by atoms with van der Waals surface area (Å²) in [6.45, 7) is 5.22. The van der Waals surface area contributed by atoms with Gasteiger partial charge in [-0.25, -0.2) is 9.18 Å². The van der Waals surface area contributed by atoms with Crippen LogP contribution in [-0.2, 0) is 4.74 Å². The predicted molar refractivity (Wildman–Crippen MR) is 117 cm³/mol. The Balaban J connectivity index is 2.15. The number of pyridine rings is 1. The average molecular weight is 433 g/mol. The fourth-order valence-electron chi connectivity index (χ4n) is 4.24. The van der Waals surface area contributed by atoms with Crippen LogP contribution >= 0.6 is 0 Å². The number of hydrogen-bond donors (Lipinski definition) is 1. The van der Waals surface area contributed by atoms with Crippen molar-refractivity contribution in [2.75, 3.05) is 38.3 Å². The minimum atomic E-state index is -1.31. The summed E-state index contributed by atoms with van der Waals surface area (Å²) in [5, 5.41) is 12.4. The van der Waals surface area contributed by atoms with Crippen LogP contribution in [0.2, 0.25) is 0 Å². The Morgan fingerprint density at radius 2 is 2.16 bits per heavy atom. The third kappa shape index (κ3) is 4.61. The zero-order valence-corrected chi connectivity index (χ0v) is 18.1. The molecule has 1 aromatic carbocycles. The maximum atomic E-state index is 15.3. The highest BCUT2D eigenvalue weighted by Crippen LogP contribution is 2.40. The van der Waals surface area contributed by atoms with Gasteiger partial charge in [0.25, 0.3) is 0 Å². The number of halogens is 1. The van der Waals surface area contributed by atoms with Crippen molar-refractivity contribution in [1.29, 1.82) is 0 Å². The van der Waals surface area contributed by atoms with Gasteiger partial charge in [-0.1, -0.05) is 5.18 Å². The Labute approximate surface area is 179 Å². The zero-order valence-electron chi connectivity index (χ0n) is 18.1. The van der Waals surface area contributed by atoms with Crippen molar-refractivity contribution in [1.82, 2.24) is 4.57 Å². The first-order chi connectivity index (χ1) is 14.8. The number of fused-ring (bicyclic) bond motifs is 1. The normalized spacial score (nSPS) is 14.6. The number of carbonyl (C=O) groups is 1. The number of carboxylic acids is 1.